The molecule has 7 nitrogen and oxygen atoms in total. The Labute approximate surface area is 125 Å². The Bertz CT molecular complexity index is 679. The number of rotatable bonds is 5. The number of nitrogen functional groups attached to an aromatic ring is 1. The van der Waals surface area contributed by atoms with E-state index in [1.807, 2.05) is 0 Å². The molecule has 0 atom stereocenters. The number of H-pyrrole nitrogens is 1. The second kappa shape index (κ2) is 5.96. The molecular weight excluding hydrogens is 325 g/mol. The van der Waals surface area contributed by atoms with Gasteiger partial charge in [0.05, 0.1) is 10.7 Å². The number of halogens is 2. The fourth-order valence-corrected chi connectivity index (χ4v) is 3.60. The Hall–Kier alpha value is -1.35. The zero-order chi connectivity index (χ0) is 14.8. The van der Waals surface area contributed by atoms with Crippen LogP contribution in [-0.4, -0.2) is 30.1 Å². The third kappa shape index (κ3) is 3.40. The highest BCUT2D eigenvalue weighted by Crippen LogP contribution is 2.30. The molecule has 1 aromatic carbocycles. The van der Waals surface area contributed by atoms with Crippen LogP contribution in [-0.2, 0) is 16.4 Å². The first-order valence-electron chi connectivity index (χ1n) is 5.48. The second-order valence-electron chi connectivity index (χ2n) is 3.89. The van der Waals surface area contributed by atoms with Gasteiger partial charge in [0.1, 0.15) is 17.0 Å². The molecule has 1 aromatic heterocycles. The Morgan fingerprint density at radius 2 is 2.10 bits per heavy atom. The zero-order valence-corrected chi connectivity index (χ0v) is 12.4. The zero-order valence-electron chi connectivity index (χ0n) is 10.1. The first-order valence-corrected chi connectivity index (χ1v) is 7.72. The van der Waals surface area contributed by atoms with Gasteiger partial charge in [-0.2, -0.15) is 5.10 Å². The van der Waals surface area contributed by atoms with Gasteiger partial charge in [0.25, 0.3) is 0 Å². The minimum Gasteiger partial charge on any atom is -0.398 e. The van der Waals surface area contributed by atoms with E-state index in [9.17, 15) is 8.42 Å². The van der Waals surface area contributed by atoms with E-state index in [0.717, 1.165) is 0 Å². The maximum atomic E-state index is 12.1. The maximum Gasteiger partial charge on any atom is 0.244 e. The molecule has 0 bridgehead atoms. The number of benzene rings is 1. The van der Waals surface area contributed by atoms with Crippen LogP contribution in [0.1, 0.15) is 5.82 Å². The lowest BCUT2D eigenvalue weighted by atomic mass is 10.3. The maximum absolute atomic E-state index is 12.1. The van der Waals surface area contributed by atoms with Crippen molar-refractivity contribution in [2.24, 2.45) is 0 Å². The molecule has 0 fully saturated rings. The average molecular weight is 336 g/mol. The number of nitrogens with two attached hydrogens (primary N) is 1. The van der Waals surface area contributed by atoms with E-state index >= 15 is 0 Å². The molecule has 0 spiro atoms. The summed E-state index contributed by atoms with van der Waals surface area (Å²) in [5.74, 6) is 0.572. The molecule has 0 aliphatic rings. The van der Waals surface area contributed by atoms with E-state index in [2.05, 4.69) is 19.9 Å². The molecule has 2 aromatic rings. The summed E-state index contributed by atoms with van der Waals surface area (Å²) < 4.78 is 26.7. The smallest absolute Gasteiger partial charge is 0.244 e. The van der Waals surface area contributed by atoms with Crippen molar-refractivity contribution in [2.45, 2.75) is 11.3 Å². The van der Waals surface area contributed by atoms with Gasteiger partial charge in [-0.05, 0) is 12.1 Å². The number of hydrogen-bond acceptors (Lipinski definition) is 5. The SMILES string of the molecule is Nc1cc(Cl)cc(Cl)c1S(=O)(=O)NCCc1ncn[nH]1. The van der Waals surface area contributed by atoms with Crippen molar-refractivity contribution in [3.05, 3.63) is 34.3 Å². The van der Waals surface area contributed by atoms with Crippen LogP contribution in [0.4, 0.5) is 5.69 Å². The van der Waals surface area contributed by atoms with E-state index in [-0.39, 0.29) is 27.2 Å². The Morgan fingerprint density at radius 3 is 2.70 bits per heavy atom. The van der Waals surface area contributed by atoms with Gasteiger partial charge in [-0.1, -0.05) is 23.2 Å². The van der Waals surface area contributed by atoms with Gasteiger partial charge in [-0.15, -0.1) is 0 Å². The first kappa shape index (κ1) is 15.0. The van der Waals surface area contributed by atoms with Gasteiger partial charge in [-0.25, -0.2) is 18.1 Å². The molecule has 0 unspecified atom stereocenters. The minimum absolute atomic E-state index is 0.00494. The summed E-state index contributed by atoms with van der Waals surface area (Å²) in [6.45, 7) is 0.135. The normalized spacial score (nSPS) is 11.7. The first-order chi connectivity index (χ1) is 9.40. The molecular formula is C10H11Cl2N5O2S. The molecule has 1 heterocycles. The number of hydrogen-bond donors (Lipinski definition) is 3. The third-order valence-corrected chi connectivity index (χ3v) is 4.63. The van der Waals surface area contributed by atoms with Crippen molar-refractivity contribution in [3.63, 3.8) is 0 Å². The van der Waals surface area contributed by atoms with Crippen molar-refractivity contribution in [1.29, 1.82) is 0 Å². The highest BCUT2D eigenvalue weighted by Gasteiger charge is 2.21. The topological polar surface area (TPSA) is 114 Å². The average Bonchev–Trinajstić information content (AvgIpc) is 2.79. The second-order valence-corrected chi connectivity index (χ2v) is 6.43. The number of sulfonamides is 1. The molecule has 0 radical (unpaired) electrons. The van der Waals surface area contributed by atoms with Gasteiger partial charge < -0.3 is 5.73 Å². The molecule has 0 saturated heterocycles. The van der Waals surface area contributed by atoms with Crippen LogP contribution in [0.5, 0.6) is 0 Å². The van der Waals surface area contributed by atoms with Gasteiger partial charge in [0.2, 0.25) is 10.0 Å². The number of anilines is 1. The van der Waals surface area contributed by atoms with Crippen LogP contribution in [0.3, 0.4) is 0 Å². The summed E-state index contributed by atoms with van der Waals surface area (Å²) >= 11 is 11.6. The number of aromatic nitrogens is 3. The molecule has 2 rings (SSSR count). The summed E-state index contributed by atoms with van der Waals surface area (Å²) in [4.78, 5) is 3.71. The standard InChI is InChI=1S/C10H11Cl2N5O2S/c11-6-3-7(12)10(8(13)4-6)20(18,19)16-2-1-9-14-5-15-17-9/h3-5,16H,1-2,13H2,(H,14,15,17). The van der Waals surface area contributed by atoms with Crippen molar-refractivity contribution < 1.29 is 8.42 Å². The van der Waals surface area contributed by atoms with Crippen molar-refractivity contribution in [3.8, 4) is 0 Å². The summed E-state index contributed by atoms with van der Waals surface area (Å²) in [6, 6.07) is 2.66. The molecule has 20 heavy (non-hydrogen) atoms. The van der Waals surface area contributed by atoms with Gasteiger partial charge in [0, 0.05) is 18.0 Å². The number of nitrogens with one attached hydrogen (secondary N) is 2. The van der Waals surface area contributed by atoms with Crippen LogP contribution in [0, 0.1) is 0 Å². The monoisotopic (exact) mass is 335 g/mol. The predicted octanol–water partition coefficient (Wildman–Crippen LogP) is 1.21. The van der Waals surface area contributed by atoms with E-state index in [4.69, 9.17) is 28.9 Å². The van der Waals surface area contributed by atoms with Crippen LogP contribution in [0.2, 0.25) is 10.0 Å². The highest BCUT2D eigenvalue weighted by molar-refractivity contribution is 7.89. The van der Waals surface area contributed by atoms with Crippen LogP contribution >= 0.6 is 23.2 Å². The van der Waals surface area contributed by atoms with Crippen molar-refractivity contribution in [1.82, 2.24) is 19.9 Å². The summed E-state index contributed by atoms with van der Waals surface area (Å²) in [5.41, 5.74) is 5.65. The van der Waals surface area contributed by atoms with Gasteiger partial charge in [0.15, 0.2) is 0 Å². The molecule has 10 heteroatoms. The van der Waals surface area contributed by atoms with E-state index < -0.39 is 10.0 Å². The quantitative estimate of drug-likeness (QED) is 0.710. The summed E-state index contributed by atoms with van der Waals surface area (Å²) in [5, 5.41) is 6.54. The summed E-state index contributed by atoms with van der Waals surface area (Å²) in [6.07, 6.45) is 1.71. The molecule has 0 aliphatic heterocycles. The van der Waals surface area contributed by atoms with E-state index in [0.29, 0.717) is 12.2 Å². The molecule has 108 valence electrons. The number of aromatic amines is 1. The van der Waals surface area contributed by atoms with Crippen LogP contribution < -0.4 is 10.5 Å². The fourth-order valence-electron chi connectivity index (χ4n) is 1.59. The summed E-state index contributed by atoms with van der Waals surface area (Å²) in [7, 11) is -3.82. The molecule has 0 saturated carbocycles. The number of nitrogens with zero attached hydrogens (tertiary/aromatic N) is 2. The lowest BCUT2D eigenvalue weighted by molar-refractivity contribution is 0.581. The largest absolute Gasteiger partial charge is 0.398 e. The van der Waals surface area contributed by atoms with Crippen LogP contribution in [0.25, 0.3) is 0 Å². The predicted molar refractivity (Wildman–Crippen MR) is 76.1 cm³/mol. The van der Waals surface area contributed by atoms with Crippen LogP contribution in [0.15, 0.2) is 23.4 Å². The van der Waals surface area contributed by atoms with E-state index in [1.165, 1.54) is 18.5 Å². The highest BCUT2D eigenvalue weighted by atomic mass is 35.5. The Balaban J connectivity index is 2.14. The van der Waals surface area contributed by atoms with Crippen molar-refractivity contribution in [2.75, 3.05) is 12.3 Å². The van der Waals surface area contributed by atoms with Crippen molar-refractivity contribution >= 4 is 38.9 Å². The van der Waals surface area contributed by atoms with Gasteiger partial charge >= 0.3 is 0 Å². The fraction of sp³-hybridized carbons (Fsp3) is 0.200. The third-order valence-electron chi connectivity index (χ3n) is 2.42. The minimum atomic E-state index is -3.82. The Kier molecular flexibility index (Phi) is 4.48. The molecule has 4 N–H and O–H groups in total. The lowest BCUT2D eigenvalue weighted by Crippen LogP contribution is -2.27. The molecule has 0 amide bonds. The van der Waals surface area contributed by atoms with E-state index in [1.54, 1.807) is 0 Å². The lowest BCUT2D eigenvalue weighted by Gasteiger charge is -2.10. The molecule has 0 aliphatic carbocycles. The van der Waals surface area contributed by atoms with Gasteiger partial charge in [-0.3, -0.25) is 5.10 Å². The Morgan fingerprint density at radius 1 is 1.35 bits per heavy atom.